The Morgan fingerprint density at radius 2 is 0.815 bits per heavy atom. The molecule has 1 aliphatic rings. The van der Waals surface area contributed by atoms with Crippen molar-refractivity contribution >= 4 is 56.3 Å². The zero-order valence-electron chi connectivity index (χ0n) is 36.9. The molecule has 0 spiro atoms. The summed E-state index contributed by atoms with van der Waals surface area (Å²) >= 11 is 0. The van der Waals surface area contributed by atoms with Crippen LogP contribution >= 0.6 is 0 Å². The average Bonchev–Trinajstić information content (AvgIpc) is 3.96. The van der Waals surface area contributed by atoms with Crippen LogP contribution < -0.4 is 5.46 Å². The number of para-hydroxylation sites is 2. The normalized spacial score (nSPS) is 14.6. The number of fused-ring (bicyclic) bond motifs is 6. The molecule has 3 heterocycles. The van der Waals surface area contributed by atoms with E-state index < -0.39 is 18.3 Å². The zero-order valence-corrected chi connectivity index (χ0v) is 36.9. The summed E-state index contributed by atoms with van der Waals surface area (Å²) < 4.78 is 22.1. The van der Waals surface area contributed by atoms with Gasteiger partial charge in [-0.3, -0.25) is 0 Å². The summed E-state index contributed by atoms with van der Waals surface area (Å²) in [5, 5.41) is 4.59. The lowest BCUT2D eigenvalue weighted by Crippen LogP contribution is -2.41. The van der Waals surface area contributed by atoms with E-state index >= 15 is 0 Å². The number of aromatic nitrogens is 1. The van der Waals surface area contributed by atoms with E-state index in [1.54, 1.807) is 0 Å². The van der Waals surface area contributed by atoms with E-state index in [-0.39, 0.29) is 0 Å². The van der Waals surface area contributed by atoms with Gasteiger partial charge >= 0.3 is 7.12 Å². The molecule has 5 heteroatoms. The second kappa shape index (κ2) is 15.1. The molecule has 65 heavy (non-hydrogen) atoms. The highest BCUT2D eigenvalue weighted by Crippen LogP contribution is 2.41. The van der Waals surface area contributed by atoms with Crippen molar-refractivity contribution < 1.29 is 13.7 Å². The highest BCUT2D eigenvalue weighted by molar-refractivity contribution is 6.65. The molecule has 0 N–H and O–H groups in total. The Labute approximate surface area is 379 Å². The number of furan rings is 1. The van der Waals surface area contributed by atoms with Crippen molar-refractivity contribution in [3.05, 3.63) is 206 Å². The first kappa shape index (κ1) is 39.2. The van der Waals surface area contributed by atoms with Crippen molar-refractivity contribution in [2.45, 2.75) is 38.9 Å². The lowest BCUT2D eigenvalue weighted by atomic mass is 9.76. The number of hydrogen-bond acceptors (Lipinski definition) is 3. The minimum absolute atomic E-state index is 0.482. The Morgan fingerprint density at radius 1 is 0.354 bits per heavy atom. The van der Waals surface area contributed by atoms with Crippen molar-refractivity contribution in [1.29, 1.82) is 0 Å². The van der Waals surface area contributed by atoms with Gasteiger partial charge in [0.25, 0.3) is 0 Å². The molecular formula is C60H46BNO3. The van der Waals surface area contributed by atoms with Gasteiger partial charge in [0.1, 0.15) is 11.2 Å². The smallest absolute Gasteiger partial charge is 0.456 e. The molecule has 312 valence electrons. The monoisotopic (exact) mass is 839 g/mol. The molecule has 1 saturated heterocycles. The van der Waals surface area contributed by atoms with Gasteiger partial charge in [0.15, 0.2) is 0 Å². The van der Waals surface area contributed by atoms with Crippen molar-refractivity contribution in [1.82, 2.24) is 4.57 Å². The van der Waals surface area contributed by atoms with Crippen LogP contribution in [-0.4, -0.2) is 22.9 Å². The third kappa shape index (κ3) is 6.70. The Balaban J connectivity index is 0.884. The predicted molar refractivity (Wildman–Crippen MR) is 271 cm³/mol. The molecule has 2 aromatic heterocycles. The summed E-state index contributed by atoms with van der Waals surface area (Å²) in [6.07, 6.45) is 0. The van der Waals surface area contributed by atoms with Crippen molar-refractivity contribution in [3.63, 3.8) is 0 Å². The summed E-state index contributed by atoms with van der Waals surface area (Å²) in [4.78, 5) is 0. The Kier molecular flexibility index (Phi) is 9.10. The van der Waals surface area contributed by atoms with E-state index in [0.29, 0.717) is 0 Å². The highest BCUT2D eigenvalue weighted by Gasteiger charge is 2.52. The Morgan fingerprint density at radius 3 is 1.46 bits per heavy atom. The molecule has 0 aliphatic carbocycles. The summed E-state index contributed by atoms with van der Waals surface area (Å²) in [5.41, 5.74) is 16.8. The topological polar surface area (TPSA) is 36.5 Å². The maximum absolute atomic E-state index is 6.61. The fraction of sp³-hybridized carbons (Fsp3) is 0.100. The second-order valence-electron chi connectivity index (χ2n) is 18.4. The second-order valence-corrected chi connectivity index (χ2v) is 18.4. The van der Waals surface area contributed by atoms with Gasteiger partial charge in [0.2, 0.25) is 0 Å². The van der Waals surface area contributed by atoms with Crippen LogP contribution in [0, 0.1) is 0 Å². The molecular weight excluding hydrogens is 793 g/mol. The molecule has 0 saturated carbocycles. The molecule has 0 radical (unpaired) electrons. The molecule has 1 fully saturated rings. The zero-order chi connectivity index (χ0) is 43.9. The quantitative estimate of drug-likeness (QED) is 0.150. The molecule has 0 bridgehead atoms. The summed E-state index contributed by atoms with van der Waals surface area (Å²) in [5.74, 6) is 0. The van der Waals surface area contributed by atoms with E-state index in [1.165, 1.54) is 55.2 Å². The van der Waals surface area contributed by atoms with Gasteiger partial charge in [-0.1, -0.05) is 146 Å². The molecule has 0 atom stereocenters. The van der Waals surface area contributed by atoms with E-state index in [2.05, 4.69) is 226 Å². The molecule has 1 aliphatic heterocycles. The molecule has 11 aromatic rings. The molecule has 0 amide bonds. The third-order valence-electron chi connectivity index (χ3n) is 13.8. The molecule has 4 nitrogen and oxygen atoms in total. The van der Waals surface area contributed by atoms with Crippen LogP contribution in [0.25, 0.3) is 105 Å². The standard InChI is InChI=1S/C60H46BNO3/c1-59(2)60(3,4)65-61(64-59)54-38-48(37-53-51-24-9-11-26-57(51)63-58(53)54)46-22-13-18-42(34-46)40-27-30-49(31-28-40)62-55-25-10-8-23-50(55)52-36-47(29-32-56(52)62)45-21-14-20-44(35-45)43-19-12-17-41(33-43)39-15-6-5-7-16-39/h5-38H,1-4H3. The highest BCUT2D eigenvalue weighted by atomic mass is 16.7. The summed E-state index contributed by atoms with van der Waals surface area (Å²) in [7, 11) is -0.564. The number of rotatable bonds is 7. The van der Waals surface area contributed by atoms with Crippen LogP contribution in [0.3, 0.4) is 0 Å². The fourth-order valence-corrected chi connectivity index (χ4v) is 9.66. The number of nitrogens with zero attached hydrogens (tertiary/aromatic N) is 1. The summed E-state index contributed by atoms with van der Waals surface area (Å²) in [6.45, 7) is 8.36. The van der Waals surface area contributed by atoms with Gasteiger partial charge in [0, 0.05) is 32.7 Å². The summed E-state index contributed by atoms with van der Waals surface area (Å²) in [6, 6.07) is 74.4. The fourth-order valence-electron chi connectivity index (χ4n) is 9.66. The first-order valence-corrected chi connectivity index (χ1v) is 22.5. The van der Waals surface area contributed by atoms with E-state index in [4.69, 9.17) is 13.7 Å². The molecule has 9 aromatic carbocycles. The Bertz CT molecular complexity index is 3600. The average molecular weight is 840 g/mol. The van der Waals surface area contributed by atoms with E-state index in [1.807, 2.05) is 12.1 Å². The van der Waals surface area contributed by atoms with Gasteiger partial charge < -0.3 is 18.3 Å². The SMILES string of the molecule is CC1(C)OB(c2cc(-c3cccc(-c4ccc(-n5c6ccccc6c6cc(-c7cccc(-c8cccc(-c9ccccc9)c8)c7)ccc65)cc4)c3)cc3c2oc2ccccc23)OC1(C)C. The van der Waals surface area contributed by atoms with Crippen LogP contribution in [0.1, 0.15) is 27.7 Å². The number of hydrogen-bond donors (Lipinski definition) is 0. The van der Waals surface area contributed by atoms with Crippen LogP contribution in [0.15, 0.2) is 211 Å². The van der Waals surface area contributed by atoms with Gasteiger partial charge in [-0.15, -0.1) is 0 Å². The number of benzene rings is 9. The van der Waals surface area contributed by atoms with Crippen LogP contribution in [0.4, 0.5) is 0 Å². The Hall–Kier alpha value is -7.44. The largest absolute Gasteiger partial charge is 0.498 e. The van der Waals surface area contributed by atoms with Crippen LogP contribution in [-0.2, 0) is 9.31 Å². The minimum atomic E-state index is -0.564. The molecule has 12 rings (SSSR count). The van der Waals surface area contributed by atoms with Gasteiger partial charge in [0.05, 0.1) is 22.2 Å². The van der Waals surface area contributed by atoms with Gasteiger partial charge in [-0.25, -0.2) is 0 Å². The van der Waals surface area contributed by atoms with Crippen molar-refractivity contribution in [3.8, 4) is 61.3 Å². The van der Waals surface area contributed by atoms with Gasteiger partial charge in [-0.2, -0.15) is 0 Å². The minimum Gasteiger partial charge on any atom is -0.456 e. The lowest BCUT2D eigenvalue weighted by Gasteiger charge is -2.32. The predicted octanol–water partition coefficient (Wildman–Crippen LogP) is 15.3. The lowest BCUT2D eigenvalue weighted by molar-refractivity contribution is 0.00578. The van der Waals surface area contributed by atoms with E-state index in [0.717, 1.165) is 55.3 Å². The van der Waals surface area contributed by atoms with Crippen LogP contribution in [0.2, 0.25) is 0 Å². The third-order valence-corrected chi connectivity index (χ3v) is 13.8. The van der Waals surface area contributed by atoms with E-state index in [9.17, 15) is 0 Å². The molecule has 0 unspecified atom stereocenters. The first-order valence-electron chi connectivity index (χ1n) is 22.5. The first-order chi connectivity index (χ1) is 31.7. The maximum Gasteiger partial charge on any atom is 0.498 e. The van der Waals surface area contributed by atoms with Crippen molar-refractivity contribution in [2.75, 3.05) is 0 Å². The van der Waals surface area contributed by atoms with Gasteiger partial charge in [-0.05, 0) is 144 Å². The van der Waals surface area contributed by atoms with Crippen LogP contribution in [0.5, 0.6) is 0 Å². The van der Waals surface area contributed by atoms with Crippen molar-refractivity contribution in [2.24, 2.45) is 0 Å². The maximum atomic E-state index is 6.61.